The lowest BCUT2D eigenvalue weighted by Crippen LogP contribution is -2.37. The third kappa shape index (κ3) is 6.14. The molecular formula is C16H27N3O2. The van der Waals surface area contributed by atoms with E-state index in [1.807, 2.05) is 24.3 Å². The van der Waals surface area contributed by atoms with E-state index < -0.39 is 6.04 Å². The van der Waals surface area contributed by atoms with E-state index >= 15 is 0 Å². The average Bonchev–Trinajstić information content (AvgIpc) is 2.50. The summed E-state index contributed by atoms with van der Waals surface area (Å²) in [6, 6.07) is 7.25. The number of benzene rings is 1. The van der Waals surface area contributed by atoms with Crippen LogP contribution in [0.1, 0.15) is 26.3 Å². The number of carbonyl (C=O) groups excluding carboxylic acids is 1. The zero-order chi connectivity index (χ0) is 15.7. The topological polar surface area (TPSA) is 67.6 Å². The van der Waals surface area contributed by atoms with Crippen LogP contribution in [0.5, 0.6) is 5.75 Å². The van der Waals surface area contributed by atoms with Crippen molar-refractivity contribution in [1.82, 2.24) is 10.2 Å². The summed E-state index contributed by atoms with van der Waals surface area (Å²) in [6.45, 7) is 9.96. The van der Waals surface area contributed by atoms with Crippen molar-refractivity contribution in [2.24, 2.45) is 5.73 Å². The number of nitrogens with one attached hydrogen (secondary N) is 1. The molecule has 0 heterocycles. The molecule has 0 aliphatic carbocycles. The molecule has 0 bridgehead atoms. The third-order valence-electron chi connectivity index (χ3n) is 3.40. The highest BCUT2D eigenvalue weighted by molar-refractivity contribution is 5.80. The van der Waals surface area contributed by atoms with E-state index in [2.05, 4.69) is 24.1 Å². The SMILES string of the molecule is CCN(CC)CCOc1ccccc1CNC(=O)C(C)N. The van der Waals surface area contributed by atoms with Gasteiger partial charge in [-0.1, -0.05) is 32.0 Å². The molecule has 1 atom stereocenters. The van der Waals surface area contributed by atoms with Crippen LogP contribution in [0.15, 0.2) is 24.3 Å². The van der Waals surface area contributed by atoms with Gasteiger partial charge in [-0.15, -0.1) is 0 Å². The monoisotopic (exact) mass is 293 g/mol. The van der Waals surface area contributed by atoms with E-state index in [9.17, 15) is 4.79 Å². The van der Waals surface area contributed by atoms with Crippen molar-refractivity contribution >= 4 is 5.91 Å². The maximum atomic E-state index is 11.5. The predicted molar refractivity (Wildman–Crippen MR) is 85.2 cm³/mol. The summed E-state index contributed by atoms with van der Waals surface area (Å²) in [5.74, 6) is 0.655. The van der Waals surface area contributed by atoms with Gasteiger partial charge in [0.2, 0.25) is 5.91 Å². The number of para-hydroxylation sites is 1. The highest BCUT2D eigenvalue weighted by Crippen LogP contribution is 2.17. The van der Waals surface area contributed by atoms with Gasteiger partial charge in [0.15, 0.2) is 0 Å². The minimum absolute atomic E-state index is 0.159. The van der Waals surface area contributed by atoms with Crippen molar-refractivity contribution in [3.63, 3.8) is 0 Å². The van der Waals surface area contributed by atoms with Crippen LogP contribution in [0, 0.1) is 0 Å². The van der Waals surface area contributed by atoms with Crippen LogP contribution >= 0.6 is 0 Å². The lowest BCUT2D eigenvalue weighted by molar-refractivity contribution is -0.122. The lowest BCUT2D eigenvalue weighted by atomic mass is 10.2. The molecule has 0 aromatic heterocycles. The number of rotatable bonds is 9. The Bertz CT molecular complexity index is 431. The van der Waals surface area contributed by atoms with E-state index in [-0.39, 0.29) is 5.91 Å². The van der Waals surface area contributed by atoms with E-state index in [1.165, 1.54) is 0 Å². The number of ether oxygens (including phenoxy) is 1. The fourth-order valence-electron chi connectivity index (χ4n) is 1.96. The quantitative estimate of drug-likeness (QED) is 0.721. The Morgan fingerprint density at radius 3 is 2.62 bits per heavy atom. The molecule has 3 N–H and O–H groups in total. The van der Waals surface area contributed by atoms with Crippen LogP contribution in [0.4, 0.5) is 0 Å². The Morgan fingerprint density at radius 2 is 2.00 bits per heavy atom. The number of amides is 1. The Balaban J connectivity index is 2.52. The molecule has 118 valence electrons. The number of carbonyl (C=O) groups is 1. The minimum Gasteiger partial charge on any atom is -0.492 e. The molecule has 1 unspecified atom stereocenters. The van der Waals surface area contributed by atoms with Gasteiger partial charge in [0.25, 0.3) is 0 Å². The number of nitrogens with two attached hydrogens (primary N) is 1. The highest BCUT2D eigenvalue weighted by Gasteiger charge is 2.09. The summed E-state index contributed by atoms with van der Waals surface area (Å²) in [4.78, 5) is 13.8. The van der Waals surface area contributed by atoms with Gasteiger partial charge in [0.05, 0.1) is 6.04 Å². The van der Waals surface area contributed by atoms with Crippen molar-refractivity contribution in [3.8, 4) is 5.75 Å². The summed E-state index contributed by atoms with van der Waals surface area (Å²) in [7, 11) is 0. The second kappa shape index (κ2) is 9.37. The zero-order valence-corrected chi connectivity index (χ0v) is 13.3. The third-order valence-corrected chi connectivity index (χ3v) is 3.40. The van der Waals surface area contributed by atoms with Gasteiger partial charge in [-0.25, -0.2) is 0 Å². The molecule has 0 saturated heterocycles. The number of hydrogen-bond acceptors (Lipinski definition) is 4. The molecule has 1 amide bonds. The molecule has 5 nitrogen and oxygen atoms in total. The van der Waals surface area contributed by atoms with Gasteiger partial charge in [0.1, 0.15) is 12.4 Å². The maximum absolute atomic E-state index is 11.5. The van der Waals surface area contributed by atoms with Gasteiger partial charge < -0.3 is 20.7 Å². The maximum Gasteiger partial charge on any atom is 0.236 e. The van der Waals surface area contributed by atoms with E-state index in [0.29, 0.717) is 13.2 Å². The molecular weight excluding hydrogens is 266 g/mol. The molecule has 0 spiro atoms. The van der Waals surface area contributed by atoms with Crippen molar-refractivity contribution < 1.29 is 9.53 Å². The first-order valence-electron chi connectivity index (χ1n) is 7.54. The van der Waals surface area contributed by atoms with Crippen LogP contribution in [0.2, 0.25) is 0 Å². The van der Waals surface area contributed by atoms with Gasteiger partial charge in [-0.05, 0) is 26.1 Å². The van der Waals surface area contributed by atoms with E-state index in [0.717, 1.165) is 30.9 Å². The number of nitrogens with zero attached hydrogens (tertiary/aromatic N) is 1. The molecule has 0 saturated carbocycles. The summed E-state index contributed by atoms with van der Waals surface area (Å²) < 4.78 is 5.84. The second-order valence-electron chi connectivity index (χ2n) is 4.99. The first-order valence-corrected chi connectivity index (χ1v) is 7.54. The van der Waals surface area contributed by atoms with Gasteiger partial charge >= 0.3 is 0 Å². The van der Waals surface area contributed by atoms with Crippen molar-refractivity contribution in [2.45, 2.75) is 33.4 Å². The fourth-order valence-corrected chi connectivity index (χ4v) is 1.96. The van der Waals surface area contributed by atoms with Crippen LogP contribution in [0.25, 0.3) is 0 Å². The Labute approximate surface area is 127 Å². The zero-order valence-electron chi connectivity index (χ0n) is 13.3. The van der Waals surface area contributed by atoms with Gasteiger partial charge in [0, 0.05) is 18.7 Å². The highest BCUT2D eigenvalue weighted by atomic mass is 16.5. The van der Waals surface area contributed by atoms with E-state index in [4.69, 9.17) is 10.5 Å². The first-order chi connectivity index (χ1) is 10.1. The van der Waals surface area contributed by atoms with Crippen LogP contribution in [-0.4, -0.2) is 43.1 Å². The molecule has 5 heteroatoms. The Kier molecular flexibility index (Phi) is 7.79. The first kappa shape index (κ1) is 17.5. The summed E-state index contributed by atoms with van der Waals surface area (Å²) in [6.07, 6.45) is 0. The smallest absolute Gasteiger partial charge is 0.236 e. The predicted octanol–water partition coefficient (Wildman–Crippen LogP) is 1.37. The van der Waals surface area contributed by atoms with Crippen LogP contribution < -0.4 is 15.8 Å². The summed E-state index contributed by atoms with van der Waals surface area (Å²) in [5, 5.41) is 2.81. The van der Waals surface area contributed by atoms with Crippen molar-refractivity contribution in [2.75, 3.05) is 26.2 Å². The molecule has 0 aliphatic heterocycles. The Morgan fingerprint density at radius 1 is 1.33 bits per heavy atom. The van der Waals surface area contributed by atoms with Crippen molar-refractivity contribution in [3.05, 3.63) is 29.8 Å². The molecule has 0 aliphatic rings. The standard InChI is InChI=1S/C16H27N3O2/c1-4-19(5-2)10-11-21-15-9-7-6-8-14(15)12-18-16(20)13(3)17/h6-9,13H,4-5,10-12,17H2,1-3H3,(H,18,20). The van der Waals surface area contributed by atoms with Gasteiger partial charge in [-0.2, -0.15) is 0 Å². The molecule has 1 aromatic carbocycles. The number of hydrogen-bond donors (Lipinski definition) is 2. The number of likely N-dealkylation sites (N-methyl/N-ethyl adjacent to an activating group) is 1. The molecule has 21 heavy (non-hydrogen) atoms. The Hall–Kier alpha value is -1.59. The molecule has 1 rings (SSSR count). The lowest BCUT2D eigenvalue weighted by Gasteiger charge is -2.19. The molecule has 0 radical (unpaired) electrons. The van der Waals surface area contributed by atoms with Crippen molar-refractivity contribution in [1.29, 1.82) is 0 Å². The summed E-state index contributed by atoms with van der Waals surface area (Å²) in [5.41, 5.74) is 6.50. The second-order valence-corrected chi connectivity index (χ2v) is 4.99. The average molecular weight is 293 g/mol. The fraction of sp³-hybridized carbons (Fsp3) is 0.562. The van der Waals surface area contributed by atoms with E-state index in [1.54, 1.807) is 6.92 Å². The van der Waals surface area contributed by atoms with Crippen LogP contribution in [-0.2, 0) is 11.3 Å². The van der Waals surface area contributed by atoms with Crippen LogP contribution in [0.3, 0.4) is 0 Å². The largest absolute Gasteiger partial charge is 0.492 e. The van der Waals surface area contributed by atoms with Gasteiger partial charge in [-0.3, -0.25) is 4.79 Å². The minimum atomic E-state index is -0.499. The molecule has 1 aromatic rings. The normalized spacial score (nSPS) is 12.2. The summed E-state index contributed by atoms with van der Waals surface area (Å²) >= 11 is 0. The molecule has 0 fully saturated rings.